The molecule has 0 radical (unpaired) electrons. The Morgan fingerprint density at radius 1 is 1.33 bits per heavy atom. The number of nitrogens with one attached hydrogen (secondary N) is 1. The third kappa shape index (κ3) is 3.96. The van der Waals surface area contributed by atoms with Gasteiger partial charge in [-0.15, -0.1) is 4.73 Å². The molecule has 1 aromatic heterocycles. The van der Waals surface area contributed by atoms with Gasteiger partial charge in [0.15, 0.2) is 0 Å². The molecule has 0 saturated carbocycles. The van der Waals surface area contributed by atoms with Gasteiger partial charge in [0, 0.05) is 25.2 Å². The van der Waals surface area contributed by atoms with Crippen molar-refractivity contribution in [1.82, 2.24) is 14.9 Å². The van der Waals surface area contributed by atoms with E-state index in [1.807, 2.05) is 6.92 Å². The molecule has 2 amide bonds. The molecule has 2 heterocycles. The van der Waals surface area contributed by atoms with Gasteiger partial charge in [-0.05, 0) is 32.3 Å². The van der Waals surface area contributed by atoms with E-state index in [9.17, 15) is 19.6 Å². The molecule has 7 nitrogen and oxygen atoms in total. The number of rotatable bonds is 5. The molecule has 0 spiro atoms. The van der Waals surface area contributed by atoms with Crippen LogP contribution < -0.4 is 10.9 Å². The summed E-state index contributed by atoms with van der Waals surface area (Å²) in [6.07, 6.45) is 3.37. The van der Waals surface area contributed by atoms with Crippen LogP contribution in [0, 0.1) is 5.92 Å². The number of pyridine rings is 1. The summed E-state index contributed by atoms with van der Waals surface area (Å²) in [7, 11) is 0. The summed E-state index contributed by atoms with van der Waals surface area (Å²) in [5.41, 5.74) is -0.735. The van der Waals surface area contributed by atoms with Crippen LogP contribution in [0.3, 0.4) is 0 Å². The van der Waals surface area contributed by atoms with E-state index in [-0.39, 0.29) is 23.6 Å². The Labute approximate surface area is 141 Å². The molecule has 0 bridgehead atoms. The Morgan fingerprint density at radius 3 is 2.79 bits per heavy atom. The van der Waals surface area contributed by atoms with Crippen LogP contribution in [0.15, 0.2) is 23.0 Å². The monoisotopic (exact) mass is 335 g/mol. The fourth-order valence-electron chi connectivity index (χ4n) is 2.93. The third-order valence-corrected chi connectivity index (χ3v) is 4.49. The lowest BCUT2D eigenvalue weighted by Crippen LogP contribution is -2.50. The minimum absolute atomic E-state index is 0.0393. The maximum atomic E-state index is 12.7. The lowest BCUT2D eigenvalue weighted by Gasteiger charge is -2.37. The molecule has 1 fully saturated rings. The molecule has 1 aliphatic heterocycles. The maximum absolute atomic E-state index is 12.7. The highest BCUT2D eigenvalue weighted by Gasteiger charge is 2.34. The normalized spacial score (nSPS) is 20.7. The zero-order chi connectivity index (χ0) is 17.7. The number of aromatic nitrogens is 1. The highest BCUT2D eigenvalue weighted by atomic mass is 16.5. The van der Waals surface area contributed by atoms with Crippen LogP contribution in [0.25, 0.3) is 0 Å². The molecule has 7 heteroatoms. The fourth-order valence-corrected chi connectivity index (χ4v) is 2.93. The van der Waals surface area contributed by atoms with Crippen LogP contribution in [0.5, 0.6) is 0 Å². The SMILES string of the molecule is CCCCNC(=O)[C@H]1CC[C@@H](C)N(C(=O)c2cccc(=O)n2O)C1. The molecule has 1 aliphatic rings. The average molecular weight is 335 g/mol. The molecule has 2 N–H and O–H groups in total. The summed E-state index contributed by atoms with van der Waals surface area (Å²) in [4.78, 5) is 38.0. The molecule has 0 aliphatic carbocycles. The van der Waals surface area contributed by atoms with E-state index in [4.69, 9.17) is 0 Å². The summed E-state index contributed by atoms with van der Waals surface area (Å²) in [5.74, 6) is -0.735. The number of carbonyl (C=O) groups excluding carboxylic acids is 2. The molecule has 132 valence electrons. The zero-order valence-corrected chi connectivity index (χ0v) is 14.2. The molecule has 0 unspecified atom stereocenters. The average Bonchev–Trinajstić information content (AvgIpc) is 2.57. The first kappa shape index (κ1) is 18.0. The first-order valence-corrected chi connectivity index (χ1v) is 8.45. The standard InChI is InChI=1S/C17H25N3O4/c1-3-4-10-18-16(22)13-9-8-12(2)19(11-13)17(23)14-6-5-7-15(21)20(14)24/h5-7,12-13,24H,3-4,8-11H2,1-2H3,(H,18,22)/t12-,13+/m1/s1. The van der Waals surface area contributed by atoms with E-state index in [1.54, 1.807) is 4.90 Å². The van der Waals surface area contributed by atoms with Crippen LogP contribution in [0.2, 0.25) is 0 Å². The van der Waals surface area contributed by atoms with Crippen molar-refractivity contribution in [3.8, 4) is 0 Å². The van der Waals surface area contributed by atoms with Crippen molar-refractivity contribution in [3.63, 3.8) is 0 Å². The molecular formula is C17H25N3O4. The Hall–Kier alpha value is -2.31. The predicted molar refractivity (Wildman–Crippen MR) is 89.0 cm³/mol. The van der Waals surface area contributed by atoms with Gasteiger partial charge in [-0.1, -0.05) is 19.4 Å². The van der Waals surface area contributed by atoms with Crippen molar-refractivity contribution >= 4 is 11.8 Å². The van der Waals surface area contributed by atoms with Crippen molar-refractivity contribution < 1.29 is 14.8 Å². The summed E-state index contributed by atoms with van der Waals surface area (Å²) in [6, 6.07) is 3.97. The van der Waals surface area contributed by atoms with E-state index in [1.165, 1.54) is 18.2 Å². The van der Waals surface area contributed by atoms with Crippen LogP contribution in [-0.2, 0) is 4.79 Å². The number of carbonyl (C=O) groups is 2. The number of unbranched alkanes of at least 4 members (excludes halogenated alkanes) is 1. The number of amides is 2. The van der Waals surface area contributed by atoms with Gasteiger partial charge in [0.1, 0.15) is 5.69 Å². The van der Waals surface area contributed by atoms with Crippen molar-refractivity contribution in [1.29, 1.82) is 0 Å². The van der Waals surface area contributed by atoms with Gasteiger partial charge in [-0.25, -0.2) is 0 Å². The lowest BCUT2D eigenvalue weighted by molar-refractivity contribution is -0.126. The maximum Gasteiger partial charge on any atom is 0.283 e. The first-order chi connectivity index (χ1) is 11.5. The number of hydrogen-bond acceptors (Lipinski definition) is 4. The van der Waals surface area contributed by atoms with Crippen molar-refractivity contribution in [2.45, 2.75) is 45.6 Å². The molecule has 24 heavy (non-hydrogen) atoms. The van der Waals surface area contributed by atoms with Crippen LogP contribution in [0.4, 0.5) is 0 Å². The van der Waals surface area contributed by atoms with Gasteiger partial charge in [0.05, 0.1) is 5.92 Å². The number of likely N-dealkylation sites (tertiary alicyclic amines) is 1. The van der Waals surface area contributed by atoms with Crippen LogP contribution in [-0.4, -0.2) is 45.8 Å². The quantitative estimate of drug-likeness (QED) is 0.626. The largest absolute Gasteiger partial charge is 0.425 e. The minimum Gasteiger partial charge on any atom is -0.425 e. The van der Waals surface area contributed by atoms with Crippen molar-refractivity contribution in [2.24, 2.45) is 5.92 Å². The minimum atomic E-state index is -0.653. The molecule has 2 rings (SSSR count). The van der Waals surface area contributed by atoms with Crippen LogP contribution >= 0.6 is 0 Å². The van der Waals surface area contributed by atoms with Crippen molar-refractivity contribution in [2.75, 3.05) is 13.1 Å². The van der Waals surface area contributed by atoms with E-state index in [0.717, 1.165) is 19.3 Å². The van der Waals surface area contributed by atoms with E-state index >= 15 is 0 Å². The fraction of sp³-hybridized carbons (Fsp3) is 0.588. The Morgan fingerprint density at radius 2 is 2.08 bits per heavy atom. The molecule has 2 atom stereocenters. The second-order valence-electron chi connectivity index (χ2n) is 6.29. The zero-order valence-electron chi connectivity index (χ0n) is 14.2. The Bertz CT molecular complexity index is 655. The summed E-state index contributed by atoms with van der Waals surface area (Å²) in [5, 5.41) is 12.7. The highest BCUT2D eigenvalue weighted by Crippen LogP contribution is 2.23. The second kappa shape index (κ2) is 7.99. The Kier molecular flexibility index (Phi) is 6.00. The molecule has 1 aromatic rings. The van der Waals surface area contributed by atoms with E-state index in [0.29, 0.717) is 24.2 Å². The van der Waals surface area contributed by atoms with Gasteiger partial charge in [0.25, 0.3) is 11.5 Å². The van der Waals surface area contributed by atoms with Gasteiger partial charge < -0.3 is 15.4 Å². The van der Waals surface area contributed by atoms with Gasteiger partial charge in [-0.3, -0.25) is 14.4 Å². The smallest absolute Gasteiger partial charge is 0.283 e. The number of nitrogens with zero attached hydrogens (tertiary/aromatic N) is 2. The van der Waals surface area contributed by atoms with E-state index in [2.05, 4.69) is 12.2 Å². The predicted octanol–water partition coefficient (Wildman–Crippen LogP) is 1.24. The lowest BCUT2D eigenvalue weighted by atomic mass is 9.92. The summed E-state index contributed by atoms with van der Waals surface area (Å²) >= 11 is 0. The molecular weight excluding hydrogens is 310 g/mol. The third-order valence-electron chi connectivity index (χ3n) is 4.49. The second-order valence-corrected chi connectivity index (χ2v) is 6.29. The summed E-state index contributed by atoms with van der Waals surface area (Å²) in [6.45, 7) is 4.90. The number of hydrogen-bond donors (Lipinski definition) is 2. The van der Waals surface area contributed by atoms with Gasteiger partial charge in [-0.2, -0.15) is 0 Å². The molecule has 1 saturated heterocycles. The van der Waals surface area contributed by atoms with Gasteiger partial charge in [0.2, 0.25) is 5.91 Å². The molecule has 0 aromatic carbocycles. The van der Waals surface area contributed by atoms with Gasteiger partial charge >= 0.3 is 0 Å². The first-order valence-electron chi connectivity index (χ1n) is 8.45. The van der Waals surface area contributed by atoms with E-state index < -0.39 is 11.5 Å². The summed E-state index contributed by atoms with van der Waals surface area (Å²) < 4.78 is 0.361. The Balaban J connectivity index is 2.10. The topological polar surface area (TPSA) is 91.6 Å². The number of piperidine rings is 1. The van der Waals surface area contributed by atoms with Crippen molar-refractivity contribution in [3.05, 3.63) is 34.2 Å². The highest BCUT2D eigenvalue weighted by molar-refractivity contribution is 5.93. The van der Waals surface area contributed by atoms with Crippen LogP contribution in [0.1, 0.15) is 50.0 Å².